The topological polar surface area (TPSA) is 59.0 Å². The van der Waals surface area contributed by atoms with Crippen LogP contribution in [-0.4, -0.2) is 34.8 Å². The molecule has 0 aliphatic carbocycles. The van der Waals surface area contributed by atoms with Crippen LogP contribution in [0.4, 0.5) is 0 Å². The zero-order valence-electron chi connectivity index (χ0n) is 11.6. The first-order valence-electron chi connectivity index (χ1n) is 7.05. The van der Waals surface area contributed by atoms with E-state index >= 15 is 0 Å². The summed E-state index contributed by atoms with van der Waals surface area (Å²) in [5.41, 5.74) is 1.36. The number of carbonyl (C=O) groups excluding carboxylic acids is 1. The highest BCUT2D eigenvalue weighted by molar-refractivity contribution is 9.10. The molecule has 0 radical (unpaired) electrons. The van der Waals surface area contributed by atoms with Crippen molar-refractivity contribution < 1.29 is 4.79 Å². The van der Waals surface area contributed by atoms with E-state index in [1.165, 1.54) is 0 Å². The first kappa shape index (κ1) is 14.3. The van der Waals surface area contributed by atoms with Crippen molar-refractivity contribution in [3.63, 3.8) is 0 Å². The maximum absolute atomic E-state index is 12.2. The molecule has 2 aromatic rings. The minimum atomic E-state index is -0.113. The van der Waals surface area contributed by atoms with Gasteiger partial charge in [0.15, 0.2) is 5.69 Å². The van der Waals surface area contributed by atoms with E-state index in [-0.39, 0.29) is 11.9 Å². The third-order valence-corrected chi connectivity index (χ3v) is 4.02. The summed E-state index contributed by atoms with van der Waals surface area (Å²) in [6.45, 7) is 1.86. The minimum absolute atomic E-state index is 0.113. The Morgan fingerprint density at radius 1 is 1.43 bits per heavy atom. The molecule has 1 aliphatic rings. The van der Waals surface area contributed by atoms with Crippen molar-refractivity contribution in [2.45, 2.75) is 18.9 Å². The van der Waals surface area contributed by atoms with E-state index in [1.54, 1.807) is 16.9 Å². The molecule has 1 aromatic carbocycles. The number of aromatic nitrogens is 2. The second kappa shape index (κ2) is 6.41. The van der Waals surface area contributed by atoms with Gasteiger partial charge in [-0.25, -0.2) is 4.68 Å². The predicted molar refractivity (Wildman–Crippen MR) is 84.6 cm³/mol. The Bertz CT molecular complexity index is 634. The average molecular weight is 349 g/mol. The van der Waals surface area contributed by atoms with Gasteiger partial charge in [0.2, 0.25) is 0 Å². The molecule has 2 heterocycles. The molecule has 1 saturated heterocycles. The molecular formula is C15H17BrN4O. The Hall–Kier alpha value is -1.66. The van der Waals surface area contributed by atoms with Gasteiger partial charge in [-0.1, -0.05) is 22.0 Å². The summed E-state index contributed by atoms with van der Waals surface area (Å²) >= 11 is 3.43. The van der Waals surface area contributed by atoms with Gasteiger partial charge in [-0.2, -0.15) is 5.10 Å². The molecule has 6 heteroatoms. The van der Waals surface area contributed by atoms with Crippen LogP contribution in [0.15, 0.2) is 41.0 Å². The lowest BCUT2D eigenvalue weighted by molar-refractivity contribution is 0.0925. The predicted octanol–water partition coefficient (Wildman–Crippen LogP) is 2.12. The Labute approximate surface area is 131 Å². The Morgan fingerprint density at radius 3 is 3.10 bits per heavy atom. The van der Waals surface area contributed by atoms with Crippen molar-refractivity contribution in [2.24, 2.45) is 0 Å². The monoisotopic (exact) mass is 348 g/mol. The van der Waals surface area contributed by atoms with Gasteiger partial charge >= 0.3 is 0 Å². The van der Waals surface area contributed by atoms with Gasteiger partial charge in [-0.3, -0.25) is 4.79 Å². The van der Waals surface area contributed by atoms with Crippen LogP contribution in [0, 0.1) is 0 Å². The molecule has 21 heavy (non-hydrogen) atoms. The summed E-state index contributed by atoms with van der Waals surface area (Å²) in [6, 6.07) is 9.74. The Kier molecular flexibility index (Phi) is 4.36. The Morgan fingerprint density at radius 2 is 2.33 bits per heavy atom. The molecule has 0 bridgehead atoms. The van der Waals surface area contributed by atoms with E-state index < -0.39 is 0 Å². The van der Waals surface area contributed by atoms with Crippen molar-refractivity contribution in [1.29, 1.82) is 0 Å². The summed E-state index contributed by atoms with van der Waals surface area (Å²) in [4.78, 5) is 12.2. The van der Waals surface area contributed by atoms with E-state index in [1.807, 2.05) is 24.3 Å². The van der Waals surface area contributed by atoms with Crippen LogP contribution < -0.4 is 10.6 Å². The summed E-state index contributed by atoms with van der Waals surface area (Å²) in [5, 5.41) is 10.7. The van der Waals surface area contributed by atoms with Gasteiger partial charge in [0.1, 0.15) is 0 Å². The van der Waals surface area contributed by atoms with Crippen LogP contribution in [0.25, 0.3) is 5.69 Å². The van der Waals surface area contributed by atoms with Crippen LogP contribution in [0.2, 0.25) is 0 Å². The number of halogens is 1. The molecule has 1 aromatic heterocycles. The average Bonchev–Trinajstić information content (AvgIpc) is 2.98. The van der Waals surface area contributed by atoms with Gasteiger partial charge < -0.3 is 10.6 Å². The third kappa shape index (κ3) is 3.51. The maximum atomic E-state index is 12.2. The van der Waals surface area contributed by atoms with Crippen LogP contribution in [0.5, 0.6) is 0 Å². The highest BCUT2D eigenvalue weighted by Gasteiger charge is 2.17. The van der Waals surface area contributed by atoms with Gasteiger partial charge in [0, 0.05) is 23.3 Å². The van der Waals surface area contributed by atoms with E-state index in [9.17, 15) is 4.79 Å². The zero-order chi connectivity index (χ0) is 14.7. The van der Waals surface area contributed by atoms with Crippen LogP contribution in [0.1, 0.15) is 23.3 Å². The molecule has 1 aliphatic heterocycles. The number of hydrogen-bond acceptors (Lipinski definition) is 3. The highest BCUT2D eigenvalue weighted by Crippen LogP contribution is 2.15. The number of nitrogens with zero attached hydrogens (tertiary/aromatic N) is 2. The zero-order valence-corrected chi connectivity index (χ0v) is 13.1. The summed E-state index contributed by atoms with van der Waals surface area (Å²) in [7, 11) is 0. The van der Waals surface area contributed by atoms with Crippen molar-refractivity contribution in [2.75, 3.05) is 13.1 Å². The largest absolute Gasteiger partial charge is 0.347 e. The maximum Gasteiger partial charge on any atom is 0.272 e. The molecule has 1 fully saturated rings. The van der Waals surface area contributed by atoms with E-state index in [0.717, 1.165) is 36.1 Å². The molecular weight excluding hydrogens is 332 g/mol. The van der Waals surface area contributed by atoms with Crippen molar-refractivity contribution >= 4 is 21.8 Å². The normalized spacial score (nSPS) is 18.4. The van der Waals surface area contributed by atoms with Crippen molar-refractivity contribution in [3.8, 4) is 5.69 Å². The number of benzene rings is 1. The first-order valence-corrected chi connectivity index (χ1v) is 7.85. The van der Waals surface area contributed by atoms with E-state index in [4.69, 9.17) is 0 Å². The van der Waals surface area contributed by atoms with Gasteiger partial charge in [0.05, 0.1) is 5.69 Å². The lowest BCUT2D eigenvalue weighted by atomic mass is 10.1. The summed E-state index contributed by atoms with van der Waals surface area (Å²) in [5.74, 6) is -0.113. The Balaban J connectivity index is 1.70. The molecule has 0 unspecified atom stereocenters. The fraction of sp³-hybridized carbons (Fsp3) is 0.333. The second-order valence-corrected chi connectivity index (χ2v) is 6.06. The number of hydrogen-bond donors (Lipinski definition) is 2. The first-order chi connectivity index (χ1) is 10.2. The van der Waals surface area contributed by atoms with Crippen LogP contribution >= 0.6 is 15.9 Å². The summed E-state index contributed by atoms with van der Waals surface area (Å²) in [6.07, 6.45) is 3.91. The van der Waals surface area contributed by atoms with Gasteiger partial charge in [-0.15, -0.1) is 0 Å². The van der Waals surface area contributed by atoms with E-state index in [2.05, 4.69) is 31.7 Å². The van der Waals surface area contributed by atoms with Crippen LogP contribution in [-0.2, 0) is 0 Å². The molecule has 5 nitrogen and oxygen atoms in total. The quantitative estimate of drug-likeness (QED) is 0.893. The number of rotatable bonds is 3. The molecule has 0 saturated carbocycles. The molecule has 2 N–H and O–H groups in total. The molecule has 1 atom stereocenters. The van der Waals surface area contributed by atoms with Gasteiger partial charge in [0.25, 0.3) is 5.91 Å². The second-order valence-electron chi connectivity index (χ2n) is 5.14. The lowest BCUT2D eigenvalue weighted by Gasteiger charge is -2.23. The smallest absolute Gasteiger partial charge is 0.272 e. The number of piperidine rings is 1. The SMILES string of the molecule is O=C(N[C@H]1CCCNC1)c1ccn(-c2cccc(Br)c2)n1. The summed E-state index contributed by atoms with van der Waals surface area (Å²) < 4.78 is 2.69. The van der Waals surface area contributed by atoms with Gasteiger partial charge in [-0.05, 0) is 43.7 Å². The van der Waals surface area contributed by atoms with Crippen LogP contribution in [0.3, 0.4) is 0 Å². The fourth-order valence-corrected chi connectivity index (χ4v) is 2.83. The lowest BCUT2D eigenvalue weighted by Crippen LogP contribution is -2.45. The number of amides is 1. The minimum Gasteiger partial charge on any atom is -0.347 e. The molecule has 3 rings (SSSR count). The molecule has 1 amide bonds. The fourth-order valence-electron chi connectivity index (χ4n) is 2.44. The standard InChI is InChI=1S/C15H17BrN4O/c16-11-3-1-5-13(9-11)20-8-6-14(19-20)15(21)18-12-4-2-7-17-10-12/h1,3,5-6,8-9,12,17H,2,4,7,10H2,(H,18,21)/t12-/m0/s1. The third-order valence-electron chi connectivity index (χ3n) is 3.53. The van der Waals surface area contributed by atoms with Crippen molar-refractivity contribution in [3.05, 3.63) is 46.7 Å². The number of carbonyl (C=O) groups is 1. The molecule has 110 valence electrons. The van der Waals surface area contributed by atoms with E-state index in [0.29, 0.717) is 5.69 Å². The highest BCUT2D eigenvalue weighted by atomic mass is 79.9. The molecule has 0 spiro atoms. The number of nitrogens with one attached hydrogen (secondary N) is 2. The van der Waals surface area contributed by atoms with Crippen molar-refractivity contribution in [1.82, 2.24) is 20.4 Å².